The van der Waals surface area contributed by atoms with E-state index in [2.05, 4.69) is 170 Å². The Hall–Kier alpha value is -7.30. The summed E-state index contributed by atoms with van der Waals surface area (Å²) in [6.07, 6.45) is 0. The average Bonchev–Trinajstić information content (AvgIpc) is 3.88. The van der Waals surface area contributed by atoms with Crippen LogP contribution in [0.15, 0.2) is 168 Å². The van der Waals surface area contributed by atoms with E-state index in [1.54, 1.807) is 0 Å². The first-order chi connectivity index (χ1) is 28.0. The van der Waals surface area contributed by atoms with E-state index < -0.39 is 0 Å². The Morgan fingerprint density at radius 2 is 1.05 bits per heavy atom. The molecule has 0 saturated carbocycles. The van der Waals surface area contributed by atoms with Gasteiger partial charge in [0.2, 0.25) is 5.95 Å². The number of para-hydroxylation sites is 1. The molecule has 0 fully saturated rings. The van der Waals surface area contributed by atoms with Gasteiger partial charge in [-0.3, -0.25) is 4.57 Å². The van der Waals surface area contributed by atoms with Gasteiger partial charge >= 0.3 is 0 Å². The first kappa shape index (κ1) is 31.0. The lowest BCUT2D eigenvalue weighted by molar-refractivity contribution is 0.657. The Kier molecular flexibility index (Phi) is 5.94. The van der Waals surface area contributed by atoms with Crippen LogP contribution in [0.2, 0.25) is 0 Å². The minimum Gasteiger partial charge on any atom is -0.456 e. The van der Waals surface area contributed by atoms with E-state index in [4.69, 9.17) is 14.4 Å². The van der Waals surface area contributed by atoms with Crippen molar-refractivity contribution in [2.75, 3.05) is 0 Å². The summed E-state index contributed by atoms with van der Waals surface area (Å²) in [5, 5.41) is 14.6. The molecule has 13 rings (SSSR count). The quantitative estimate of drug-likeness (QED) is 0.167. The van der Waals surface area contributed by atoms with Crippen LogP contribution in [0.1, 0.15) is 25.0 Å². The zero-order valence-electron chi connectivity index (χ0n) is 31.3. The number of aromatic nitrogens is 3. The predicted molar refractivity (Wildman–Crippen MR) is 237 cm³/mol. The molecule has 1 aliphatic carbocycles. The summed E-state index contributed by atoms with van der Waals surface area (Å²) in [6, 6.07) is 59.1. The van der Waals surface area contributed by atoms with Gasteiger partial charge < -0.3 is 4.42 Å². The Morgan fingerprint density at radius 3 is 1.88 bits per heavy atom. The van der Waals surface area contributed by atoms with Crippen LogP contribution in [0.5, 0.6) is 0 Å². The number of benzene rings is 9. The molecular formula is C53H33N3O. The van der Waals surface area contributed by atoms with E-state index in [-0.39, 0.29) is 5.41 Å². The summed E-state index contributed by atoms with van der Waals surface area (Å²) in [5.74, 6) is 0.660. The standard InChI is InChI=1S/C53H33N3O/c1-53(2)41-21-11-9-20-39(41)51-49(53)50(31-24-28-45-40(29-31)36-18-10-12-22-44(36)57-45)54-52(55-51)56-42-26-23-30-13-3-4-14-32(30)47(42)48-43(56)27-25-38-35-17-6-5-15-33(35)34-16-7-8-19-37(34)46(38)48/h3-29H,1-2H3. The molecular weight excluding hydrogens is 695 g/mol. The zero-order chi connectivity index (χ0) is 37.6. The highest BCUT2D eigenvalue weighted by Gasteiger charge is 2.40. The molecule has 4 nitrogen and oxygen atoms in total. The summed E-state index contributed by atoms with van der Waals surface area (Å²) in [7, 11) is 0. The predicted octanol–water partition coefficient (Wildman–Crippen LogP) is 14.1. The van der Waals surface area contributed by atoms with Gasteiger partial charge in [-0.15, -0.1) is 0 Å². The second-order valence-corrected chi connectivity index (χ2v) is 16.1. The zero-order valence-corrected chi connectivity index (χ0v) is 31.3. The molecule has 0 aliphatic heterocycles. The van der Waals surface area contributed by atoms with Crippen molar-refractivity contribution in [1.29, 1.82) is 0 Å². The SMILES string of the molecule is CC1(C)c2ccccc2-c2nc(-n3c4ccc5ccccc5c4c4c5c6ccccc6c6ccccc6c5ccc43)nc(-c3ccc4oc5ccccc5c4c3)c21. The van der Waals surface area contributed by atoms with E-state index in [0.717, 1.165) is 61.1 Å². The maximum atomic E-state index is 6.30. The summed E-state index contributed by atoms with van der Waals surface area (Å²) < 4.78 is 8.62. The second-order valence-electron chi connectivity index (χ2n) is 16.1. The van der Waals surface area contributed by atoms with Crippen LogP contribution in [0.25, 0.3) is 115 Å². The van der Waals surface area contributed by atoms with Gasteiger partial charge in [-0.25, -0.2) is 9.97 Å². The van der Waals surface area contributed by atoms with Crippen LogP contribution >= 0.6 is 0 Å². The number of rotatable bonds is 2. The maximum Gasteiger partial charge on any atom is 0.235 e. The molecule has 0 amide bonds. The molecule has 0 radical (unpaired) electrons. The molecule has 0 unspecified atom stereocenters. The molecule has 9 aromatic carbocycles. The minimum absolute atomic E-state index is 0.319. The molecule has 0 atom stereocenters. The highest BCUT2D eigenvalue weighted by Crippen LogP contribution is 2.52. The Bertz CT molecular complexity index is 3700. The lowest BCUT2D eigenvalue weighted by Gasteiger charge is -2.24. The molecule has 0 N–H and O–H groups in total. The number of nitrogens with zero attached hydrogens (tertiary/aromatic N) is 3. The number of hydrogen-bond donors (Lipinski definition) is 0. The van der Waals surface area contributed by atoms with Gasteiger partial charge in [0.25, 0.3) is 0 Å². The van der Waals surface area contributed by atoms with Gasteiger partial charge in [-0.2, -0.15) is 0 Å². The Morgan fingerprint density at radius 1 is 0.456 bits per heavy atom. The first-order valence-electron chi connectivity index (χ1n) is 19.7. The minimum atomic E-state index is -0.319. The van der Waals surface area contributed by atoms with Crippen molar-refractivity contribution < 1.29 is 4.42 Å². The molecule has 57 heavy (non-hydrogen) atoms. The lowest BCUT2D eigenvalue weighted by Crippen LogP contribution is -2.18. The largest absolute Gasteiger partial charge is 0.456 e. The highest BCUT2D eigenvalue weighted by atomic mass is 16.3. The number of fused-ring (bicyclic) bond motifs is 18. The van der Waals surface area contributed by atoms with Crippen molar-refractivity contribution in [2.24, 2.45) is 0 Å². The fourth-order valence-corrected chi connectivity index (χ4v) is 10.3. The smallest absolute Gasteiger partial charge is 0.235 e. The van der Waals surface area contributed by atoms with Crippen molar-refractivity contribution in [1.82, 2.24) is 14.5 Å². The third kappa shape index (κ3) is 4.01. The summed E-state index contributed by atoms with van der Waals surface area (Å²) in [4.78, 5) is 11.3. The third-order valence-corrected chi connectivity index (χ3v) is 12.8. The van der Waals surface area contributed by atoms with Crippen LogP contribution in [0, 0.1) is 0 Å². The van der Waals surface area contributed by atoms with Crippen molar-refractivity contribution >= 4 is 86.8 Å². The summed E-state index contributed by atoms with van der Waals surface area (Å²) in [5.41, 5.74) is 10.1. The number of hydrogen-bond acceptors (Lipinski definition) is 3. The molecule has 3 heterocycles. The van der Waals surface area contributed by atoms with E-state index in [1.165, 1.54) is 59.4 Å². The van der Waals surface area contributed by atoms with Crippen molar-refractivity contribution in [3.05, 3.63) is 175 Å². The molecule has 4 heteroatoms. The molecule has 266 valence electrons. The van der Waals surface area contributed by atoms with Crippen LogP contribution < -0.4 is 0 Å². The topological polar surface area (TPSA) is 43.9 Å². The van der Waals surface area contributed by atoms with Crippen molar-refractivity contribution in [2.45, 2.75) is 19.3 Å². The van der Waals surface area contributed by atoms with Crippen molar-refractivity contribution in [3.63, 3.8) is 0 Å². The highest BCUT2D eigenvalue weighted by molar-refractivity contribution is 6.37. The molecule has 3 aromatic heterocycles. The molecule has 1 aliphatic rings. The van der Waals surface area contributed by atoms with Gasteiger partial charge in [0.15, 0.2) is 0 Å². The molecule has 0 bridgehead atoms. The monoisotopic (exact) mass is 727 g/mol. The lowest BCUT2D eigenvalue weighted by atomic mass is 9.81. The fourth-order valence-electron chi connectivity index (χ4n) is 10.3. The van der Waals surface area contributed by atoms with Gasteiger partial charge in [-0.1, -0.05) is 141 Å². The Labute approximate surface area is 327 Å². The first-order valence-corrected chi connectivity index (χ1v) is 19.7. The van der Waals surface area contributed by atoms with Gasteiger partial charge in [0.1, 0.15) is 11.2 Å². The summed E-state index contributed by atoms with van der Waals surface area (Å²) in [6.45, 7) is 4.62. The van der Waals surface area contributed by atoms with E-state index in [9.17, 15) is 0 Å². The maximum absolute atomic E-state index is 6.30. The molecule has 0 saturated heterocycles. The molecule has 0 spiro atoms. The van der Waals surface area contributed by atoms with Crippen LogP contribution in [0.4, 0.5) is 0 Å². The van der Waals surface area contributed by atoms with Gasteiger partial charge in [0.05, 0.1) is 22.4 Å². The van der Waals surface area contributed by atoms with Gasteiger partial charge in [-0.05, 0) is 79.7 Å². The number of furan rings is 1. The normalized spacial score (nSPS) is 13.6. The van der Waals surface area contributed by atoms with Crippen LogP contribution in [0.3, 0.4) is 0 Å². The Balaban J connectivity index is 1.21. The second kappa shape index (κ2) is 10.9. The van der Waals surface area contributed by atoms with Crippen LogP contribution in [-0.4, -0.2) is 14.5 Å². The van der Waals surface area contributed by atoms with E-state index >= 15 is 0 Å². The third-order valence-electron chi connectivity index (χ3n) is 12.8. The van der Waals surface area contributed by atoms with Gasteiger partial charge in [0, 0.05) is 49.0 Å². The van der Waals surface area contributed by atoms with Crippen LogP contribution in [-0.2, 0) is 5.41 Å². The van der Waals surface area contributed by atoms with E-state index in [0.29, 0.717) is 5.95 Å². The molecule has 12 aromatic rings. The summed E-state index contributed by atoms with van der Waals surface area (Å²) >= 11 is 0. The fraction of sp³-hybridized carbons (Fsp3) is 0.0566. The van der Waals surface area contributed by atoms with E-state index in [1.807, 2.05) is 12.1 Å². The van der Waals surface area contributed by atoms with Crippen molar-refractivity contribution in [3.8, 4) is 28.5 Å². The average molecular weight is 728 g/mol.